The van der Waals surface area contributed by atoms with Crippen LogP contribution in [0.4, 0.5) is 0 Å². The molecular weight excluding hydrogens is 230 g/mol. The van der Waals surface area contributed by atoms with Crippen LogP contribution in [0, 0.1) is 0 Å². The van der Waals surface area contributed by atoms with Gasteiger partial charge in [0.05, 0.1) is 12.9 Å². The lowest BCUT2D eigenvalue weighted by Crippen LogP contribution is -2.24. The van der Waals surface area contributed by atoms with Crippen LogP contribution >= 0.6 is 0 Å². The average molecular weight is 242 g/mol. The third-order valence-corrected chi connectivity index (χ3v) is 3.08. The Hall–Kier alpha value is -1.56. The van der Waals surface area contributed by atoms with Crippen molar-refractivity contribution in [1.29, 1.82) is 0 Å². The number of hydrogen-bond acceptors (Lipinski definition) is 4. The average Bonchev–Trinajstić information content (AvgIpc) is 2.28. The summed E-state index contributed by atoms with van der Waals surface area (Å²) in [5.41, 5.74) is 0.191. The van der Waals surface area contributed by atoms with E-state index in [9.17, 15) is 13.2 Å². The largest absolute Gasteiger partial charge is 0.497 e. The molecule has 1 aromatic carbocycles. The SMILES string of the molecule is CCS(=O)(=O)[N]C(=O)c1cccc(OC)c1. The molecule has 0 aromatic heterocycles. The Balaban J connectivity index is 2.89. The fourth-order valence-electron chi connectivity index (χ4n) is 1.000. The molecule has 6 heteroatoms. The van der Waals surface area contributed by atoms with Crippen molar-refractivity contribution in [3.8, 4) is 5.75 Å². The number of ether oxygens (including phenoxy) is 1. The Kier molecular flexibility index (Phi) is 3.89. The molecule has 87 valence electrons. The van der Waals surface area contributed by atoms with Crippen molar-refractivity contribution < 1.29 is 17.9 Å². The van der Waals surface area contributed by atoms with Gasteiger partial charge in [-0.1, -0.05) is 6.07 Å². The Labute approximate surface area is 94.5 Å². The van der Waals surface area contributed by atoms with Crippen LogP contribution in [0.15, 0.2) is 24.3 Å². The summed E-state index contributed by atoms with van der Waals surface area (Å²) in [5.74, 6) is -0.487. The van der Waals surface area contributed by atoms with E-state index in [1.165, 1.54) is 26.2 Å². The summed E-state index contributed by atoms with van der Waals surface area (Å²) in [7, 11) is -2.19. The van der Waals surface area contributed by atoms with Crippen LogP contribution in [0.3, 0.4) is 0 Å². The third-order valence-electron chi connectivity index (χ3n) is 1.90. The molecule has 0 aliphatic rings. The van der Waals surface area contributed by atoms with E-state index < -0.39 is 15.9 Å². The van der Waals surface area contributed by atoms with Crippen LogP contribution in [-0.4, -0.2) is 27.2 Å². The van der Waals surface area contributed by atoms with Crippen LogP contribution in [0.25, 0.3) is 0 Å². The molecule has 1 radical (unpaired) electrons. The van der Waals surface area contributed by atoms with Crippen molar-refractivity contribution in [3.05, 3.63) is 29.8 Å². The maximum atomic E-state index is 11.5. The molecule has 16 heavy (non-hydrogen) atoms. The first-order chi connectivity index (χ1) is 7.48. The van der Waals surface area contributed by atoms with E-state index in [0.717, 1.165) is 0 Å². The second-order valence-electron chi connectivity index (χ2n) is 3.00. The first-order valence-electron chi connectivity index (χ1n) is 4.62. The summed E-state index contributed by atoms with van der Waals surface area (Å²) in [6.45, 7) is 1.43. The van der Waals surface area contributed by atoms with Gasteiger partial charge in [-0.15, -0.1) is 4.72 Å². The Morgan fingerprint density at radius 3 is 2.69 bits per heavy atom. The molecule has 0 unspecified atom stereocenters. The number of hydrogen-bond donors (Lipinski definition) is 0. The summed E-state index contributed by atoms with van der Waals surface area (Å²) >= 11 is 0. The fourth-order valence-corrected chi connectivity index (χ4v) is 1.49. The van der Waals surface area contributed by atoms with Crippen LogP contribution in [-0.2, 0) is 10.0 Å². The van der Waals surface area contributed by atoms with Gasteiger partial charge in [-0.25, -0.2) is 8.42 Å². The van der Waals surface area contributed by atoms with Gasteiger partial charge in [-0.2, -0.15) is 0 Å². The standard InChI is InChI=1S/C10H12NO4S/c1-3-16(13,14)11-10(12)8-5-4-6-9(7-8)15-2/h4-7H,3H2,1-2H3. The highest BCUT2D eigenvalue weighted by Crippen LogP contribution is 2.12. The number of carbonyl (C=O) groups excluding carboxylic acids is 1. The van der Waals surface area contributed by atoms with Crippen LogP contribution in [0.2, 0.25) is 0 Å². The van der Waals surface area contributed by atoms with Crippen molar-refractivity contribution in [1.82, 2.24) is 4.72 Å². The van der Waals surface area contributed by atoms with E-state index in [-0.39, 0.29) is 11.3 Å². The quantitative estimate of drug-likeness (QED) is 0.782. The lowest BCUT2D eigenvalue weighted by Gasteiger charge is -2.03. The lowest BCUT2D eigenvalue weighted by atomic mass is 10.2. The van der Waals surface area contributed by atoms with Crippen LogP contribution in [0.5, 0.6) is 5.75 Å². The van der Waals surface area contributed by atoms with E-state index in [4.69, 9.17) is 4.74 Å². The first-order valence-corrected chi connectivity index (χ1v) is 6.23. The topological polar surface area (TPSA) is 74.5 Å². The van der Waals surface area contributed by atoms with E-state index in [0.29, 0.717) is 5.75 Å². The van der Waals surface area contributed by atoms with Gasteiger partial charge >= 0.3 is 0 Å². The van der Waals surface area contributed by atoms with E-state index >= 15 is 0 Å². The lowest BCUT2D eigenvalue weighted by molar-refractivity contribution is 0.0978. The van der Waals surface area contributed by atoms with Gasteiger partial charge in [0, 0.05) is 5.56 Å². The minimum Gasteiger partial charge on any atom is -0.497 e. The molecule has 0 aliphatic carbocycles. The molecule has 0 saturated heterocycles. The molecule has 1 aromatic rings. The monoisotopic (exact) mass is 242 g/mol. The highest BCUT2D eigenvalue weighted by Gasteiger charge is 2.16. The van der Waals surface area contributed by atoms with Gasteiger partial charge in [-0.3, -0.25) is 4.79 Å². The van der Waals surface area contributed by atoms with Gasteiger partial charge < -0.3 is 4.74 Å². The Morgan fingerprint density at radius 1 is 1.44 bits per heavy atom. The fraction of sp³-hybridized carbons (Fsp3) is 0.300. The van der Waals surface area contributed by atoms with Gasteiger partial charge in [0.2, 0.25) is 0 Å². The first kappa shape index (κ1) is 12.5. The second kappa shape index (κ2) is 4.98. The van der Waals surface area contributed by atoms with E-state index in [1.807, 2.05) is 0 Å². The molecule has 0 fully saturated rings. The normalized spacial score (nSPS) is 10.9. The van der Waals surface area contributed by atoms with Crippen LogP contribution < -0.4 is 9.46 Å². The summed E-state index contributed by atoms with van der Waals surface area (Å²) in [6.07, 6.45) is 0. The molecule has 1 rings (SSSR count). The zero-order valence-corrected chi connectivity index (χ0v) is 9.82. The maximum absolute atomic E-state index is 11.5. The van der Waals surface area contributed by atoms with Gasteiger partial charge in [0.15, 0.2) is 0 Å². The number of methoxy groups -OCH3 is 1. The van der Waals surface area contributed by atoms with Crippen molar-refractivity contribution >= 4 is 15.9 Å². The summed E-state index contributed by atoms with van der Waals surface area (Å²) in [4.78, 5) is 11.5. The molecule has 0 saturated carbocycles. The van der Waals surface area contributed by atoms with Crippen molar-refractivity contribution in [2.75, 3.05) is 12.9 Å². The summed E-state index contributed by atoms with van der Waals surface area (Å²) in [6, 6.07) is 6.18. The molecule has 0 N–H and O–H groups in total. The van der Waals surface area contributed by atoms with Crippen molar-refractivity contribution in [3.63, 3.8) is 0 Å². The molecule has 0 bridgehead atoms. The minimum atomic E-state index is -3.65. The number of amides is 1. The predicted octanol–water partition coefficient (Wildman–Crippen LogP) is 0.790. The van der Waals surface area contributed by atoms with Gasteiger partial charge in [-0.05, 0) is 25.1 Å². The van der Waals surface area contributed by atoms with Gasteiger partial charge in [0.1, 0.15) is 5.75 Å². The Morgan fingerprint density at radius 2 is 2.12 bits per heavy atom. The van der Waals surface area contributed by atoms with Crippen molar-refractivity contribution in [2.45, 2.75) is 6.92 Å². The third kappa shape index (κ3) is 3.23. The summed E-state index contributed by atoms with van der Waals surface area (Å²) in [5, 5.41) is 0. The van der Waals surface area contributed by atoms with Crippen molar-refractivity contribution in [2.24, 2.45) is 0 Å². The smallest absolute Gasteiger partial charge is 0.287 e. The molecule has 0 heterocycles. The molecule has 0 atom stereocenters. The molecular formula is C10H12NO4S. The zero-order valence-electron chi connectivity index (χ0n) is 9.00. The predicted molar refractivity (Wildman–Crippen MR) is 58.9 cm³/mol. The van der Waals surface area contributed by atoms with Crippen LogP contribution in [0.1, 0.15) is 17.3 Å². The molecule has 1 amide bonds. The minimum absolute atomic E-state index is 0.191. The summed E-state index contributed by atoms with van der Waals surface area (Å²) < 4.78 is 30.3. The van der Waals surface area contributed by atoms with E-state index in [2.05, 4.69) is 4.72 Å². The molecule has 5 nitrogen and oxygen atoms in total. The number of rotatable bonds is 4. The highest BCUT2D eigenvalue weighted by molar-refractivity contribution is 7.89. The number of benzene rings is 1. The zero-order chi connectivity index (χ0) is 12.2. The molecule has 0 aliphatic heterocycles. The van der Waals surface area contributed by atoms with E-state index in [1.54, 1.807) is 12.1 Å². The molecule has 0 spiro atoms. The van der Waals surface area contributed by atoms with Gasteiger partial charge in [0.25, 0.3) is 15.9 Å². The highest BCUT2D eigenvalue weighted by atomic mass is 32.2. The number of sulfonamides is 1. The Bertz CT molecular complexity index is 481. The maximum Gasteiger partial charge on any atom is 0.287 e. The second-order valence-corrected chi connectivity index (χ2v) is 4.92. The number of nitrogens with zero attached hydrogens (tertiary/aromatic N) is 1. The number of carbonyl (C=O) groups is 1.